The number of pyridine rings is 1. The van der Waals surface area contributed by atoms with Gasteiger partial charge in [-0.1, -0.05) is 11.2 Å². The van der Waals surface area contributed by atoms with Crippen molar-refractivity contribution in [3.05, 3.63) is 53.5 Å². The third kappa shape index (κ3) is 4.14. The molecule has 3 heterocycles. The summed E-state index contributed by atoms with van der Waals surface area (Å²) in [5, 5.41) is 3.75. The van der Waals surface area contributed by atoms with Crippen molar-refractivity contribution >= 4 is 11.9 Å². The standard InChI is InChI=1S/C21H20N4O5/c1-13-23-20(30-24-13)17-8-7-16(11-22-17)29-18-10-14(21(27)28-2)5-6-15(18)12-25-9-3-4-19(25)26/h5-8,10-11H,3-4,9,12H2,1-2H3. The Morgan fingerprint density at radius 2 is 2.13 bits per heavy atom. The number of carbonyl (C=O) groups excluding carboxylic acids is 2. The summed E-state index contributed by atoms with van der Waals surface area (Å²) in [5.41, 5.74) is 1.67. The lowest BCUT2D eigenvalue weighted by molar-refractivity contribution is -0.128. The van der Waals surface area contributed by atoms with Gasteiger partial charge >= 0.3 is 5.97 Å². The fourth-order valence-corrected chi connectivity index (χ4v) is 3.20. The van der Waals surface area contributed by atoms with Crippen molar-refractivity contribution in [2.75, 3.05) is 13.7 Å². The number of amides is 1. The lowest BCUT2D eigenvalue weighted by Gasteiger charge is -2.19. The maximum Gasteiger partial charge on any atom is 0.337 e. The van der Waals surface area contributed by atoms with Crippen LogP contribution in [0.2, 0.25) is 0 Å². The van der Waals surface area contributed by atoms with Gasteiger partial charge in [0, 0.05) is 25.1 Å². The second kappa shape index (κ2) is 8.32. The van der Waals surface area contributed by atoms with Crippen molar-refractivity contribution in [1.82, 2.24) is 20.0 Å². The number of aromatic nitrogens is 3. The largest absolute Gasteiger partial charge is 0.465 e. The zero-order valence-electron chi connectivity index (χ0n) is 16.6. The Labute approximate surface area is 172 Å². The van der Waals surface area contributed by atoms with E-state index in [0.29, 0.717) is 54.0 Å². The van der Waals surface area contributed by atoms with Gasteiger partial charge in [0.2, 0.25) is 5.91 Å². The summed E-state index contributed by atoms with van der Waals surface area (Å²) in [7, 11) is 1.32. The number of hydrogen-bond donors (Lipinski definition) is 0. The molecule has 0 atom stereocenters. The summed E-state index contributed by atoms with van der Waals surface area (Å²) in [6.45, 7) is 2.84. The Morgan fingerprint density at radius 3 is 2.77 bits per heavy atom. The summed E-state index contributed by atoms with van der Waals surface area (Å²) >= 11 is 0. The molecule has 0 radical (unpaired) electrons. The summed E-state index contributed by atoms with van der Waals surface area (Å²) in [4.78, 5) is 34.2. The van der Waals surface area contributed by atoms with Gasteiger partial charge < -0.3 is 18.9 Å². The number of rotatable bonds is 6. The fraction of sp³-hybridized carbons (Fsp3) is 0.286. The Bertz CT molecular complexity index is 1080. The van der Waals surface area contributed by atoms with Crippen molar-refractivity contribution in [2.24, 2.45) is 0 Å². The lowest BCUT2D eigenvalue weighted by Crippen LogP contribution is -2.24. The Hall–Kier alpha value is -3.75. The predicted molar refractivity (Wildman–Crippen MR) is 105 cm³/mol. The van der Waals surface area contributed by atoms with E-state index in [-0.39, 0.29) is 5.91 Å². The monoisotopic (exact) mass is 408 g/mol. The van der Waals surface area contributed by atoms with Crippen LogP contribution in [0.1, 0.15) is 34.6 Å². The molecule has 154 valence electrons. The van der Waals surface area contributed by atoms with Crippen LogP contribution in [0.5, 0.6) is 11.5 Å². The molecule has 1 aromatic carbocycles. The van der Waals surface area contributed by atoms with Crippen LogP contribution in [-0.4, -0.2) is 45.6 Å². The molecule has 1 aliphatic heterocycles. The zero-order chi connectivity index (χ0) is 21.1. The molecule has 3 aromatic rings. The smallest absolute Gasteiger partial charge is 0.337 e. The first-order valence-electron chi connectivity index (χ1n) is 9.47. The topological polar surface area (TPSA) is 108 Å². The Morgan fingerprint density at radius 1 is 1.27 bits per heavy atom. The molecule has 1 aliphatic rings. The first-order chi connectivity index (χ1) is 14.5. The van der Waals surface area contributed by atoms with Crippen LogP contribution < -0.4 is 4.74 Å². The molecular formula is C21H20N4O5. The van der Waals surface area contributed by atoms with Crippen molar-refractivity contribution < 1.29 is 23.6 Å². The number of aryl methyl sites for hydroxylation is 1. The van der Waals surface area contributed by atoms with Gasteiger partial charge in [-0.25, -0.2) is 9.78 Å². The molecule has 0 bridgehead atoms. The average molecular weight is 408 g/mol. The van der Waals surface area contributed by atoms with Gasteiger partial charge in [0.25, 0.3) is 5.89 Å². The van der Waals surface area contributed by atoms with Gasteiger partial charge in [0.1, 0.15) is 17.2 Å². The number of benzene rings is 1. The van der Waals surface area contributed by atoms with E-state index < -0.39 is 5.97 Å². The van der Waals surface area contributed by atoms with Gasteiger partial charge in [-0.05, 0) is 37.6 Å². The molecule has 2 aromatic heterocycles. The normalized spacial score (nSPS) is 13.5. The van der Waals surface area contributed by atoms with E-state index in [9.17, 15) is 9.59 Å². The van der Waals surface area contributed by atoms with E-state index in [2.05, 4.69) is 15.1 Å². The van der Waals surface area contributed by atoms with E-state index in [0.717, 1.165) is 12.0 Å². The van der Waals surface area contributed by atoms with Gasteiger partial charge in [-0.15, -0.1) is 0 Å². The third-order valence-electron chi connectivity index (χ3n) is 4.73. The van der Waals surface area contributed by atoms with Crippen LogP contribution in [0, 0.1) is 6.92 Å². The highest BCUT2D eigenvalue weighted by Crippen LogP contribution is 2.29. The van der Waals surface area contributed by atoms with E-state index in [1.807, 2.05) is 0 Å². The van der Waals surface area contributed by atoms with E-state index in [1.165, 1.54) is 13.3 Å². The third-order valence-corrected chi connectivity index (χ3v) is 4.73. The van der Waals surface area contributed by atoms with Gasteiger partial charge in [-0.3, -0.25) is 4.79 Å². The summed E-state index contributed by atoms with van der Waals surface area (Å²) < 4.78 is 15.9. The molecular weight excluding hydrogens is 388 g/mol. The van der Waals surface area contributed by atoms with Crippen molar-refractivity contribution in [3.8, 4) is 23.1 Å². The van der Waals surface area contributed by atoms with Crippen molar-refractivity contribution in [2.45, 2.75) is 26.3 Å². The summed E-state index contributed by atoms with van der Waals surface area (Å²) in [5.74, 6) is 1.40. The second-order valence-corrected chi connectivity index (χ2v) is 6.86. The molecule has 1 saturated heterocycles. The van der Waals surface area contributed by atoms with Crippen LogP contribution in [0.25, 0.3) is 11.6 Å². The fourth-order valence-electron chi connectivity index (χ4n) is 3.20. The molecule has 4 rings (SSSR count). The first-order valence-corrected chi connectivity index (χ1v) is 9.47. The number of carbonyl (C=O) groups is 2. The SMILES string of the molecule is COC(=O)c1ccc(CN2CCCC2=O)c(Oc2ccc(-c3nc(C)no3)nc2)c1. The lowest BCUT2D eigenvalue weighted by atomic mass is 10.1. The molecule has 30 heavy (non-hydrogen) atoms. The minimum absolute atomic E-state index is 0.110. The molecule has 9 heteroatoms. The number of likely N-dealkylation sites (tertiary alicyclic amines) is 1. The van der Waals surface area contributed by atoms with Gasteiger partial charge in [0.15, 0.2) is 5.82 Å². The summed E-state index contributed by atoms with van der Waals surface area (Å²) in [6, 6.07) is 8.47. The van der Waals surface area contributed by atoms with E-state index in [1.54, 1.807) is 42.2 Å². The van der Waals surface area contributed by atoms with E-state index >= 15 is 0 Å². The van der Waals surface area contributed by atoms with Gasteiger partial charge in [0.05, 0.1) is 18.9 Å². The number of hydrogen-bond acceptors (Lipinski definition) is 8. The maximum absolute atomic E-state index is 12.0. The Balaban J connectivity index is 1.60. The quantitative estimate of drug-likeness (QED) is 0.573. The van der Waals surface area contributed by atoms with Crippen LogP contribution in [0.15, 0.2) is 41.1 Å². The highest BCUT2D eigenvalue weighted by atomic mass is 16.5. The van der Waals surface area contributed by atoms with Crippen LogP contribution in [0.4, 0.5) is 0 Å². The van der Waals surface area contributed by atoms with Crippen molar-refractivity contribution in [1.29, 1.82) is 0 Å². The van der Waals surface area contributed by atoms with Crippen LogP contribution in [0.3, 0.4) is 0 Å². The molecule has 1 amide bonds. The first kappa shape index (κ1) is 19.6. The minimum atomic E-state index is -0.469. The number of nitrogens with zero attached hydrogens (tertiary/aromatic N) is 4. The average Bonchev–Trinajstić information content (AvgIpc) is 3.37. The molecule has 0 N–H and O–H groups in total. The maximum atomic E-state index is 12.0. The van der Waals surface area contributed by atoms with Crippen LogP contribution >= 0.6 is 0 Å². The van der Waals surface area contributed by atoms with Crippen LogP contribution in [-0.2, 0) is 16.1 Å². The van der Waals surface area contributed by atoms with Gasteiger partial charge in [-0.2, -0.15) is 4.98 Å². The predicted octanol–water partition coefficient (Wildman–Crippen LogP) is 3.14. The molecule has 0 unspecified atom stereocenters. The molecule has 0 aliphatic carbocycles. The molecule has 9 nitrogen and oxygen atoms in total. The second-order valence-electron chi connectivity index (χ2n) is 6.86. The minimum Gasteiger partial charge on any atom is -0.465 e. The van der Waals surface area contributed by atoms with E-state index in [4.69, 9.17) is 14.0 Å². The summed E-state index contributed by atoms with van der Waals surface area (Å²) in [6.07, 6.45) is 2.93. The molecule has 1 fully saturated rings. The number of methoxy groups -OCH3 is 1. The highest BCUT2D eigenvalue weighted by molar-refractivity contribution is 5.90. The van der Waals surface area contributed by atoms with Crippen molar-refractivity contribution in [3.63, 3.8) is 0 Å². The highest BCUT2D eigenvalue weighted by Gasteiger charge is 2.22. The molecule has 0 spiro atoms. The number of esters is 1. The molecule has 0 saturated carbocycles. The number of ether oxygens (including phenoxy) is 2. The zero-order valence-corrected chi connectivity index (χ0v) is 16.6. The Kier molecular flexibility index (Phi) is 5.42.